The highest BCUT2D eigenvalue weighted by molar-refractivity contribution is 7.25. The van der Waals surface area contributed by atoms with Gasteiger partial charge in [0.15, 0.2) is 8.07 Å². The number of aromatic nitrogens is 1. The molecular weight excluding hydrogens is 609 g/mol. The lowest BCUT2D eigenvalue weighted by Gasteiger charge is -2.34. The zero-order valence-electron chi connectivity index (χ0n) is 22.6. The highest BCUT2D eigenvalue weighted by Gasteiger charge is 2.43. The minimum Gasteiger partial charge on any atom is -0.245 e. The van der Waals surface area contributed by atoms with Crippen LogP contribution in [0.2, 0.25) is 0 Å². The summed E-state index contributed by atoms with van der Waals surface area (Å²) < 4.78 is 89.8. The topological polar surface area (TPSA) is 12.9 Å². The van der Waals surface area contributed by atoms with Crippen LogP contribution in [0.5, 0.6) is 0 Å². The van der Waals surface area contributed by atoms with Gasteiger partial charge in [0, 0.05) is 39.9 Å². The molecule has 0 radical (unpaired) electrons. The van der Waals surface area contributed by atoms with E-state index in [0.29, 0.717) is 23.4 Å². The molecule has 2 aromatic heterocycles. The van der Waals surface area contributed by atoms with E-state index in [9.17, 15) is 26.3 Å². The van der Waals surface area contributed by atoms with Crippen molar-refractivity contribution < 1.29 is 26.3 Å². The molecule has 9 heteroatoms. The first kappa shape index (κ1) is 28.1. The van der Waals surface area contributed by atoms with Crippen molar-refractivity contribution in [3.8, 4) is 11.1 Å². The SMILES string of the molecule is Fc1cc(F)cc([Si](c2ccc(-c3ccc4c(c3)sc3ncccc34)cc2)(c2cc(F)cc(F)c2)c2cc(F)cc(F)c2)c1. The van der Waals surface area contributed by atoms with Gasteiger partial charge in [-0.05, 0) is 86.5 Å². The van der Waals surface area contributed by atoms with Gasteiger partial charge in [-0.3, -0.25) is 0 Å². The van der Waals surface area contributed by atoms with Gasteiger partial charge < -0.3 is 0 Å². The second kappa shape index (κ2) is 10.8. The summed E-state index contributed by atoms with van der Waals surface area (Å²) in [5.41, 5.74) is 1.68. The highest BCUT2D eigenvalue weighted by Crippen LogP contribution is 2.35. The minimum absolute atomic E-state index is 0.0249. The third kappa shape index (κ3) is 4.78. The lowest BCUT2D eigenvalue weighted by molar-refractivity contribution is 0.585. The Morgan fingerprint density at radius 3 is 1.43 bits per heavy atom. The van der Waals surface area contributed by atoms with E-state index in [-0.39, 0.29) is 15.6 Å². The Morgan fingerprint density at radius 1 is 0.455 bits per heavy atom. The number of halogens is 6. The van der Waals surface area contributed by atoms with Crippen LogP contribution in [0.15, 0.2) is 115 Å². The average molecular weight is 628 g/mol. The van der Waals surface area contributed by atoms with Crippen molar-refractivity contribution in [1.29, 1.82) is 0 Å². The van der Waals surface area contributed by atoms with Gasteiger partial charge >= 0.3 is 0 Å². The van der Waals surface area contributed by atoms with Crippen LogP contribution in [0, 0.1) is 34.9 Å². The van der Waals surface area contributed by atoms with Crippen LogP contribution in [-0.2, 0) is 0 Å². The highest BCUT2D eigenvalue weighted by atomic mass is 32.1. The number of rotatable bonds is 5. The van der Waals surface area contributed by atoms with Crippen LogP contribution >= 0.6 is 11.3 Å². The van der Waals surface area contributed by atoms with Gasteiger partial charge in [-0.25, -0.2) is 31.3 Å². The van der Waals surface area contributed by atoms with Gasteiger partial charge in [-0.1, -0.05) is 36.4 Å². The molecule has 0 saturated heterocycles. The standard InChI is InChI=1S/C35H19F6NSSi/c36-22-11-23(37)15-29(14-22)44(30-16-24(38)12-25(39)17-30,31-18-26(40)13-27(41)19-31)28-6-3-20(4-7-28)21-5-8-32-33-2-1-9-42-35(33)43-34(32)10-21/h1-19H. The van der Waals surface area contributed by atoms with E-state index < -0.39 is 43.0 Å². The van der Waals surface area contributed by atoms with Gasteiger partial charge in [0.1, 0.15) is 39.7 Å². The third-order valence-corrected chi connectivity index (χ3v) is 13.5. The molecule has 0 fully saturated rings. The van der Waals surface area contributed by atoms with Gasteiger partial charge in [0.05, 0.1) is 0 Å². The molecule has 0 bridgehead atoms. The Labute approximate surface area is 252 Å². The summed E-state index contributed by atoms with van der Waals surface area (Å²) in [5, 5.41) is 2.61. The molecule has 0 aliphatic heterocycles. The van der Waals surface area contributed by atoms with Crippen molar-refractivity contribution in [2.24, 2.45) is 0 Å². The van der Waals surface area contributed by atoms with Crippen LogP contribution in [0.25, 0.3) is 31.4 Å². The summed E-state index contributed by atoms with van der Waals surface area (Å²) in [7, 11) is -4.12. The average Bonchev–Trinajstić information content (AvgIpc) is 3.34. The second-order valence-electron chi connectivity index (χ2n) is 10.5. The number of nitrogens with zero attached hydrogens (tertiary/aromatic N) is 1. The third-order valence-electron chi connectivity index (χ3n) is 7.79. The maximum Gasteiger partial charge on any atom is 0.180 e. The fourth-order valence-corrected chi connectivity index (χ4v) is 11.9. The summed E-state index contributed by atoms with van der Waals surface area (Å²) in [5.74, 6) is -5.62. The van der Waals surface area contributed by atoms with E-state index in [0.717, 1.165) is 67.8 Å². The monoisotopic (exact) mass is 627 g/mol. The van der Waals surface area contributed by atoms with Gasteiger partial charge in [0.25, 0.3) is 0 Å². The molecular formula is C35H19F6NSSi. The molecule has 5 aromatic carbocycles. The van der Waals surface area contributed by atoms with Gasteiger partial charge in [-0.15, -0.1) is 11.3 Å². The van der Waals surface area contributed by atoms with Crippen LogP contribution in [-0.4, -0.2) is 13.1 Å². The summed E-state index contributed by atoms with van der Waals surface area (Å²) in [6, 6.07) is 25.2. The maximum atomic E-state index is 14.8. The molecule has 0 atom stereocenters. The molecule has 44 heavy (non-hydrogen) atoms. The van der Waals surface area contributed by atoms with E-state index in [1.165, 1.54) is 0 Å². The summed E-state index contributed by atoms with van der Waals surface area (Å²) in [6.45, 7) is 0. The number of hydrogen-bond acceptors (Lipinski definition) is 2. The Hall–Kier alpha value is -4.73. The lowest BCUT2D eigenvalue weighted by Crippen LogP contribution is -2.75. The van der Waals surface area contributed by atoms with Crippen molar-refractivity contribution >= 4 is 60.5 Å². The van der Waals surface area contributed by atoms with Crippen LogP contribution < -0.4 is 20.7 Å². The fourth-order valence-electron chi connectivity index (χ4n) is 6.01. The molecule has 0 aliphatic rings. The molecule has 0 amide bonds. The van der Waals surface area contributed by atoms with Crippen molar-refractivity contribution in [3.05, 3.63) is 150 Å². The minimum atomic E-state index is -4.12. The summed E-state index contributed by atoms with van der Waals surface area (Å²) >= 11 is 1.56. The zero-order valence-corrected chi connectivity index (χ0v) is 24.4. The molecule has 0 unspecified atom stereocenters. The molecule has 0 N–H and O–H groups in total. The number of pyridine rings is 1. The molecule has 2 heterocycles. The number of hydrogen-bond donors (Lipinski definition) is 0. The van der Waals surface area contributed by atoms with E-state index in [2.05, 4.69) is 4.98 Å². The molecule has 216 valence electrons. The van der Waals surface area contributed by atoms with E-state index in [1.54, 1.807) is 41.8 Å². The van der Waals surface area contributed by atoms with E-state index in [1.807, 2.05) is 30.3 Å². The normalized spacial score (nSPS) is 11.9. The first-order chi connectivity index (χ1) is 21.2. The van der Waals surface area contributed by atoms with Crippen LogP contribution in [0.4, 0.5) is 26.3 Å². The van der Waals surface area contributed by atoms with Gasteiger partial charge in [0.2, 0.25) is 0 Å². The second-order valence-corrected chi connectivity index (χ2v) is 15.3. The predicted molar refractivity (Wildman–Crippen MR) is 166 cm³/mol. The van der Waals surface area contributed by atoms with E-state index in [4.69, 9.17) is 0 Å². The van der Waals surface area contributed by atoms with Crippen molar-refractivity contribution in [1.82, 2.24) is 4.98 Å². The molecule has 0 aliphatic carbocycles. The Balaban J connectivity index is 1.48. The first-order valence-electron chi connectivity index (χ1n) is 13.5. The summed E-state index contributed by atoms with van der Waals surface area (Å²) in [6.07, 6.45) is 1.74. The molecule has 0 spiro atoms. The fraction of sp³-hybridized carbons (Fsp3) is 0. The van der Waals surface area contributed by atoms with Crippen LogP contribution in [0.3, 0.4) is 0 Å². The largest absolute Gasteiger partial charge is 0.245 e. The zero-order chi connectivity index (χ0) is 30.6. The molecule has 7 rings (SSSR count). The molecule has 0 saturated carbocycles. The Kier molecular flexibility index (Phi) is 6.86. The van der Waals surface area contributed by atoms with Crippen LogP contribution in [0.1, 0.15) is 0 Å². The quantitative estimate of drug-likeness (QED) is 0.111. The lowest BCUT2D eigenvalue weighted by atomic mass is 10.0. The predicted octanol–water partition coefficient (Wildman–Crippen LogP) is 7.33. The number of benzene rings is 5. The molecule has 7 aromatic rings. The smallest absolute Gasteiger partial charge is 0.180 e. The molecule has 1 nitrogen and oxygen atoms in total. The van der Waals surface area contributed by atoms with Crippen molar-refractivity contribution in [2.75, 3.05) is 0 Å². The Bertz CT molecular complexity index is 2030. The van der Waals surface area contributed by atoms with Crippen molar-refractivity contribution in [3.63, 3.8) is 0 Å². The van der Waals surface area contributed by atoms with E-state index >= 15 is 0 Å². The summed E-state index contributed by atoms with van der Waals surface area (Å²) in [4.78, 5) is 5.36. The number of fused-ring (bicyclic) bond motifs is 3. The van der Waals surface area contributed by atoms with Crippen molar-refractivity contribution in [2.45, 2.75) is 0 Å². The maximum absolute atomic E-state index is 14.8. The first-order valence-corrected chi connectivity index (χ1v) is 16.3. The number of thiophene rings is 1. The van der Waals surface area contributed by atoms with Gasteiger partial charge in [-0.2, -0.15) is 0 Å². The Morgan fingerprint density at radius 2 is 0.932 bits per heavy atom.